The quantitative estimate of drug-likeness (QED) is 0.591. The van der Waals surface area contributed by atoms with E-state index in [1.165, 1.54) is 13.0 Å². The highest BCUT2D eigenvalue weighted by atomic mass is 16.4. The molecule has 1 unspecified atom stereocenters. The zero-order chi connectivity index (χ0) is 8.85. The van der Waals surface area contributed by atoms with E-state index < -0.39 is 17.9 Å². The van der Waals surface area contributed by atoms with Crippen LogP contribution in [0.4, 0.5) is 0 Å². The van der Waals surface area contributed by atoms with Gasteiger partial charge < -0.3 is 10.2 Å². The van der Waals surface area contributed by atoms with Crippen LogP contribution in [-0.2, 0) is 9.59 Å². The van der Waals surface area contributed by atoms with Crippen molar-refractivity contribution >= 4 is 11.9 Å². The van der Waals surface area contributed by atoms with Crippen molar-refractivity contribution in [3.05, 3.63) is 12.2 Å². The summed E-state index contributed by atoms with van der Waals surface area (Å²) in [4.78, 5) is 20.1. The summed E-state index contributed by atoms with van der Waals surface area (Å²) in [6, 6.07) is 0. The molecule has 0 bridgehead atoms. The first-order valence-electron chi connectivity index (χ1n) is 3.16. The van der Waals surface area contributed by atoms with Crippen molar-refractivity contribution in [2.75, 3.05) is 0 Å². The van der Waals surface area contributed by atoms with E-state index in [9.17, 15) is 9.59 Å². The Morgan fingerprint density at radius 1 is 1.45 bits per heavy atom. The van der Waals surface area contributed by atoms with Crippen LogP contribution in [0, 0.1) is 5.92 Å². The Balaban J connectivity index is 3.70. The third kappa shape index (κ3) is 5.14. The van der Waals surface area contributed by atoms with Gasteiger partial charge in [-0.2, -0.15) is 0 Å². The fourth-order valence-corrected chi connectivity index (χ4v) is 0.474. The number of carboxylic acid groups (broad SMARTS) is 2. The maximum Gasteiger partial charge on any atom is 0.327 e. The number of carbonyl (C=O) groups is 2. The summed E-state index contributed by atoms with van der Waals surface area (Å²) < 4.78 is 0. The zero-order valence-electron chi connectivity index (χ0n) is 6.15. The van der Waals surface area contributed by atoms with E-state index in [2.05, 4.69) is 0 Å². The van der Waals surface area contributed by atoms with Gasteiger partial charge in [0.25, 0.3) is 0 Å². The van der Waals surface area contributed by atoms with Crippen LogP contribution in [0.25, 0.3) is 0 Å². The Morgan fingerprint density at radius 2 is 2.00 bits per heavy atom. The van der Waals surface area contributed by atoms with Crippen molar-refractivity contribution < 1.29 is 19.8 Å². The summed E-state index contributed by atoms with van der Waals surface area (Å²) in [5, 5.41) is 16.5. The molecule has 0 aromatic carbocycles. The van der Waals surface area contributed by atoms with Gasteiger partial charge in [0.15, 0.2) is 0 Å². The van der Waals surface area contributed by atoms with Crippen molar-refractivity contribution in [2.45, 2.75) is 13.3 Å². The van der Waals surface area contributed by atoms with Crippen molar-refractivity contribution in [3.8, 4) is 0 Å². The van der Waals surface area contributed by atoms with E-state index in [1.54, 1.807) is 0 Å². The van der Waals surface area contributed by atoms with E-state index >= 15 is 0 Å². The van der Waals surface area contributed by atoms with E-state index in [1.807, 2.05) is 0 Å². The molecule has 0 saturated heterocycles. The summed E-state index contributed by atoms with van der Waals surface area (Å²) in [5.74, 6) is -2.49. The van der Waals surface area contributed by atoms with Gasteiger partial charge in [-0.1, -0.05) is 13.0 Å². The third-order valence-electron chi connectivity index (χ3n) is 1.17. The van der Waals surface area contributed by atoms with E-state index in [0.29, 0.717) is 0 Å². The molecular formula is C7H10O4. The first-order valence-corrected chi connectivity index (χ1v) is 3.16. The highest BCUT2D eigenvalue weighted by molar-refractivity contribution is 5.79. The third-order valence-corrected chi connectivity index (χ3v) is 1.17. The molecule has 0 spiro atoms. The Morgan fingerprint density at radius 3 is 2.36 bits per heavy atom. The molecule has 2 N–H and O–H groups in total. The summed E-state index contributed by atoms with van der Waals surface area (Å²) in [6.07, 6.45) is 2.53. The highest BCUT2D eigenvalue weighted by Gasteiger charge is 2.07. The second-order valence-corrected chi connectivity index (χ2v) is 2.22. The molecule has 0 aromatic rings. The predicted octanol–water partition coefficient (Wildman–Crippen LogP) is 0.738. The van der Waals surface area contributed by atoms with Crippen molar-refractivity contribution in [1.82, 2.24) is 0 Å². The summed E-state index contributed by atoms with van der Waals surface area (Å²) in [7, 11) is 0. The van der Waals surface area contributed by atoms with Gasteiger partial charge in [-0.05, 0) is 6.42 Å². The first kappa shape index (κ1) is 9.68. The van der Waals surface area contributed by atoms with Crippen LogP contribution in [0.3, 0.4) is 0 Å². The van der Waals surface area contributed by atoms with Gasteiger partial charge >= 0.3 is 11.9 Å². The van der Waals surface area contributed by atoms with Gasteiger partial charge in [0.2, 0.25) is 0 Å². The number of carboxylic acids is 2. The monoisotopic (exact) mass is 158 g/mol. The number of hydrogen-bond donors (Lipinski definition) is 2. The van der Waals surface area contributed by atoms with Gasteiger partial charge in [0, 0.05) is 6.08 Å². The molecule has 4 heteroatoms. The van der Waals surface area contributed by atoms with Gasteiger partial charge in [-0.15, -0.1) is 0 Å². The van der Waals surface area contributed by atoms with Crippen molar-refractivity contribution in [2.24, 2.45) is 5.92 Å². The van der Waals surface area contributed by atoms with Crippen LogP contribution in [0.2, 0.25) is 0 Å². The minimum atomic E-state index is -1.05. The van der Waals surface area contributed by atoms with Crippen LogP contribution >= 0.6 is 0 Å². The lowest BCUT2D eigenvalue weighted by atomic mass is 10.1. The molecule has 0 rings (SSSR count). The fraction of sp³-hybridized carbons (Fsp3) is 0.429. The lowest BCUT2D eigenvalue weighted by Gasteiger charge is -1.98. The Kier molecular flexibility index (Phi) is 3.95. The molecule has 0 fully saturated rings. The van der Waals surface area contributed by atoms with Crippen LogP contribution in [0.1, 0.15) is 13.3 Å². The van der Waals surface area contributed by atoms with Crippen LogP contribution in [0.5, 0.6) is 0 Å². The molecule has 0 aliphatic rings. The summed E-state index contributed by atoms with van der Waals surface area (Å²) in [6.45, 7) is 1.52. The molecule has 0 radical (unpaired) electrons. The first-order chi connectivity index (χ1) is 5.04. The second kappa shape index (κ2) is 4.49. The molecule has 0 saturated carbocycles. The van der Waals surface area contributed by atoms with Gasteiger partial charge in [-0.3, -0.25) is 4.79 Å². The molecule has 0 heterocycles. The molecule has 0 aliphatic carbocycles. The number of allylic oxidation sites excluding steroid dienone is 1. The minimum Gasteiger partial charge on any atom is -0.481 e. The maximum absolute atomic E-state index is 10.2. The van der Waals surface area contributed by atoms with E-state index in [4.69, 9.17) is 10.2 Å². The van der Waals surface area contributed by atoms with Crippen LogP contribution in [0.15, 0.2) is 12.2 Å². The normalized spacial score (nSPS) is 13.2. The predicted molar refractivity (Wildman–Crippen MR) is 38.2 cm³/mol. The Labute approximate surface area is 64.2 Å². The van der Waals surface area contributed by atoms with E-state index in [-0.39, 0.29) is 6.42 Å². The Hall–Kier alpha value is -1.32. The maximum atomic E-state index is 10.2. The smallest absolute Gasteiger partial charge is 0.327 e. The topological polar surface area (TPSA) is 74.6 Å². The highest BCUT2D eigenvalue weighted by Crippen LogP contribution is 2.01. The summed E-state index contributed by atoms with van der Waals surface area (Å²) in [5.41, 5.74) is 0. The fourth-order valence-electron chi connectivity index (χ4n) is 0.474. The van der Waals surface area contributed by atoms with Crippen LogP contribution < -0.4 is 0 Å². The molecule has 0 aliphatic heterocycles. The number of aliphatic carboxylic acids is 2. The van der Waals surface area contributed by atoms with Crippen molar-refractivity contribution in [1.29, 1.82) is 0 Å². The molecule has 0 aromatic heterocycles. The Bertz CT molecular complexity index is 183. The molecular weight excluding hydrogens is 148 g/mol. The SMILES string of the molecule is CC(CC=CC(=O)O)C(=O)O. The van der Waals surface area contributed by atoms with E-state index in [0.717, 1.165) is 6.08 Å². The average Bonchev–Trinajstić information content (AvgIpc) is 1.86. The zero-order valence-corrected chi connectivity index (χ0v) is 6.15. The molecule has 1 atom stereocenters. The minimum absolute atomic E-state index is 0.252. The van der Waals surface area contributed by atoms with Crippen molar-refractivity contribution in [3.63, 3.8) is 0 Å². The largest absolute Gasteiger partial charge is 0.481 e. The van der Waals surface area contributed by atoms with Gasteiger partial charge in [0.05, 0.1) is 5.92 Å². The second-order valence-electron chi connectivity index (χ2n) is 2.22. The molecule has 4 nitrogen and oxygen atoms in total. The molecule has 62 valence electrons. The lowest BCUT2D eigenvalue weighted by Crippen LogP contribution is -2.07. The molecule has 0 amide bonds. The standard InChI is InChI=1S/C7H10O4/c1-5(7(10)11)3-2-4-6(8)9/h2,4-5H,3H2,1H3,(H,8,9)(H,10,11). The summed E-state index contributed by atoms with van der Waals surface area (Å²) >= 11 is 0. The lowest BCUT2D eigenvalue weighted by molar-refractivity contribution is -0.141. The van der Waals surface area contributed by atoms with Gasteiger partial charge in [0.1, 0.15) is 0 Å². The number of rotatable bonds is 4. The van der Waals surface area contributed by atoms with Crippen LogP contribution in [-0.4, -0.2) is 22.2 Å². The number of hydrogen-bond acceptors (Lipinski definition) is 2. The van der Waals surface area contributed by atoms with Gasteiger partial charge in [-0.25, -0.2) is 4.79 Å². The molecule has 11 heavy (non-hydrogen) atoms. The average molecular weight is 158 g/mol.